The van der Waals surface area contributed by atoms with Gasteiger partial charge in [-0.3, -0.25) is 4.79 Å². The summed E-state index contributed by atoms with van der Waals surface area (Å²) in [5.41, 5.74) is 1.14. The van der Waals surface area contributed by atoms with Gasteiger partial charge in [0.25, 0.3) is 5.91 Å². The van der Waals surface area contributed by atoms with E-state index in [0.717, 1.165) is 44.8 Å². The fourth-order valence-electron chi connectivity index (χ4n) is 3.55. The molecule has 1 aromatic rings. The molecule has 1 spiro atoms. The van der Waals surface area contributed by atoms with Gasteiger partial charge in [0.1, 0.15) is 12.4 Å². The Hall–Kier alpha value is -1.30. The number of halogens is 1. The van der Waals surface area contributed by atoms with Gasteiger partial charge in [0, 0.05) is 32.3 Å². The van der Waals surface area contributed by atoms with Gasteiger partial charge in [-0.05, 0) is 49.4 Å². The molecular formula is C18H27ClN2O3. The zero-order valence-electron chi connectivity index (χ0n) is 14.3. The van der Waals surface area contributed by atoms with E-state index in [9.17, 15) is 4.79 Å². The van der Waals surface area contributed by atoms with Crippen molar-refractivity contribution in [3.8, 4) is 5.75 Å². The number of piperidine rings is 1. The quantitative estimate of drug-likeness (QED) is 0.825. The third kappa shape index (κ3) is 4.41. The normalized spacial score (nSPS) is 19.1. The second-order valence-electron chi connectivity index (χ2n) is 6.59. The van der Waals surface area contributed by atoms with Crippen LogP contribution in [0.25, 0.3) is 0 Å². The van der Waals surface area contributed by atoms with Gasteiger partial charge in [0.2, 0.25) is 0 Å². The van der Waals surface area contributed by atoms with Crippen molar-refractivity contribution in [3.05, 3.63) is 29.8 Å². The van der Waals surface area contributed by atoms with Crippen LogP contribution in [0, 0.1) is 5.41 Å². The Morgan fingerprint density at radius 2 is 2.04 bits per heavy atom. The van der Waals surface area contributed by atoms with Crippen molar-refractivity contribution < 1.29 is 14.3 Å². The molecule has 2 aliphatic heterocycles. The van der Waals surface area contributed by atoms with E-state index >= 15 is 0 Å². The molecule has 2 aliphatic rings. The van der Waals surface area contributed by atoms with Crippen LogP contribution >= 0.6 is 12.4 Å². The minimum Gasteiger partial charge on any atom is -0.491 e. The number of amides is 1. The Balaban J connectivity index is 0.00000208. The number of nitrogens with one attached hydrogen (secondary N) is 1. The minimum absolute atomic E-state index is 0. The van der Waals surface area contributed by atoms with Crippen LogP contribution in [-0.4, -0.2) is 57.3 Å². The highest BCUT2D eigenvalue weighted by atomic mass is 35.5. The molecule has 134 valence electrons. The highest BCUT2D eigenvalue weighted by Gasteiger charge is 2.38. The number of methoxy groups -OCH3 is 1. The van der Waals surface area contributed by atoms with E-state index in [0.29, 0.717) is 24.2 Å². The van der Waals surface area contributed by atoms with Crippen molar-refractivity contribution in [2.45, 2.75) is 19.3 Å². The predicted octanol–water partition coefficient (Wildman–Crippen LogP) is 2.35. The number of likely N-dealkylation sites (tertiary alicyclic amines) is 1. The fourth-order valence-corrected chi connectivity index (χ4v) is 3.55. The lowest BCUT2D eigenvalue weighted by atomic mass is 9.78. The molecule has 2 saturated heterocycles. The van der Waals surface area contributed by atoms with Gasteiger partial charge in [0.15, 0.2) is 0 Å². The fraction of sp³-hybridized carbons (Fsp3) is 0.611. The largest absolute Gasteiger partial charge is 0.491 e. The lowest BCUT2D eigenvalue weighted by Crippen LogP contribution is -2.44. The molecule has 6 heteroatoms. The zero-order chi connectivity index (χ0) is 16.1. The monoisotopic (exact) mass is 354 g/mol. The molecule has 0 aromatic heterocycles. The summed E-state index contributed by atoms with van der Waals surface area (Å²) in [6, 6.07) is 7.45. The molecule has 0 bridgehead atoms. The SMILES string of the molecule is COCCOc1cccc(C(=O)N2CCC3(CCNC3)CC2)c1.Cl. The number of carbonyl (C=O) groups excluding carboxylic acids is 1. The van der Waals surface area contributed by atoms with E-state index in [4.69, 9.17) is 9.47 Å². The molecule has 2 fully saturated rings. The second-order valence-corrected chi connectivity index (χ2v) is 6.59. The van der Waals surface area contributed by atoms with Gasteiger partial charge in [-0.25, -0.2) is 0 Å². The van der Waals surface area contributed by atoms with Crippen LogP contribution in [0.15, 0.2) is 24.3 Å². The Labute approximate surface area is 150 Å². The zero-order valence-corrected chi connectivity index (χ0v) is 15.1. The van der Waals surface area contributed by atoms with Crippen LogP contribution < -0.4 is 10.1 Å². The van der Waals surface area contributed by atoms with Crippen LogP contribution in [0.3, 0.4) is 0 Å². The van der Waals surface area contributed by atoms with Gasteiger partial charge in [-0.2, -0.15) is 0 Å². The molecule has 0 atom stereocenters. The highest BCUT2D eigenvalue weighted by Crippen LogP contribution is 2.37. The summed E-state index contributed by atoms with van der Waals surface area (Å²) in [6.07, 6.45) is 3.46. The molecule has 0 saturated carbocycles. The molecule has 5 nitrogen and oxygen atoms in total. The van der Waals surface area contributed by atoms with Gasteiger partial charge in [-0.1, -0.05) is 6.07 Å². The average Bonchev–Trinajstić information content (AvgIpc) is 3.04. The number of rotatable bonds is 5. The van der Waals surface area contributed by atoms with Crippen molar-refractivity contribution in [2.24, 2.45) is 5.41 Å². The van der Waals surface area contributed by atoms with Crippen LogP contribution in [0.4, 0.5) is 0 Å². The molecular weight excluding hydrogens is 328 g/mol. The van der Waals surface area contributed by atoms with Gasteiger partial charge < -0.3 is 19.7 Å². The van der Waals surface area contributed by atoms with E-state index in [1.54, 1.807) is 7.11 Å². The van der Waals surface area contributed by atoms with Crippen molar-refractivity contribution in [1.29, 1.82) is 0 Å². The molecule has 24 heavy (non-hydrogen) atoms. The molecule has 1 amide bonds. The van der Waals surface area contributed by atoms with Crippen LogP contribution in [0.1, 0.15) is 29.6 Å². The summed E-state index contributed by atoms with van der Waals surface area (Å²) < 4.78 is 10.6. The van der Waals surface area contributed by atoms with E-state index < -0.39 is 0 Å². The van der Waals surface area contributed by atoms with Crippen LogP contribution in [-0.2, 0) is 4.74 Å². The van der Waals surface area contributed by atoms with E-state index in [2.05, 4.69) is 5.32 Å². The standard InChI is InChI=1S/C18H26N2O3.ClH/c1-22-11-12-23-16-4-2-3-15(13-16)17(21)20-9-6-18(7-10-20)5-8-19-14-18;/h2-4,13,19H,5-12,14H2,1H3;1H. The summed E-state index contributed by atoms with van der Waals surface area (Å²) in [7, 11) is 1.65. The number of benzene rings is 1. The summed E-state index contributed by atoms with van der Waals surface area (Å²) in [4.78, 5) is 14.7. The average molecular weight is 355 g/mol. The van der Waals surface area contributed by atoms with Crippen LogP contribution in [0.2, 0.25) is 0 Å². The number of hydrogen-bond donors (Lipinski definition) is 1. The number of carbonyl (C=O) groups is 1. The van der Waals surface area contributed by atoms with Crippen molar-refractivity contribution >= 4 is 18.3 Å². The molecule has 0 radical (unpaired) electrons. The minimum atomic E-state index is 0. The summed E-state index contributed by atoms with van der Waals surface area (Å²) >= 11 is 0. The third-order valence-electron chi connectivity index (χ3n) is 5.08. The lowest BCUT2D eigenvalue weighted by Gasteiger charge is -2.38. The van der Waals surface area contributed by atoms with E-state index in [1.165, 1.54) is 6.42 Å². The molecule has 1 N–H and O–H groups in total. The first-order valence-electron chi connectivity index (χ1n) is 8.44. The first-order valence-corrected chi connectivity index (χ1v) is 8.44. The highest BCUT2D eigenvalue weighted by molar-refractivity contribution is 5.94. The predicted molar refractivity (Wildman–Crippen MR) is 96.1 cm³/mol. The summed E-state index contributed by atoms with van der Waals surface area (Å²) in [5, 5.41) is 3.46. The maximum absolute atomic E-state index is 12.7. The smallest absolute Gasteiger partial charge is 0.253 e. The lowest BCUT2D eigenvalue weighted by molar-refractivity contribution is 0.0607. The Morgan fingerprint density at radius 3 is 2.71 bits per heavy atom. The maximum atomic E-state index is 12.7. The maximum Gasteiger partial charge on any atom is 0.253 e. The number of ether oxygens (including phenoxy) is 2. The summed E-state index contributed by atoms with van der Waals surface area (Å²) in [6.45, 7) is 4.98. The molecule has 1 aromatic carbocycles. The van der Waals surface area contributed by atoms with Crippen molar-refractivity contribution in [3.63, 3.8) is 0 Å². The van der Waals surface area contributed by atoms with Crippen molar-refractivity contribution in [1.82, 2.24) is 10.2 Å². The molecule has 2 heterocycles. The Kier molecular flexibility index (Phi) is 6.90. The number of nitrogens with zero attached hydrogens (tertiary/aromatic N) is 1. The number of hydrogen-bond acceptors (Lipinski definition) is 4. The summed E-state index contributed by atoms with van der Waals surface area (Å²) in [5.74, 6) is 0.837. The van der Waals surface area contributed by atoms with Gasteiger partial charge in [-0.15, -0.1) is 12.4 Å². The van der Waals surface area contributed by atoms with Crippen molar-refractivity contribution in [2.75, 3.05) is 46.5 Å². The van der Waals surface area contributed by atoms with Gasteiger partial charge >= 0.3 is 0 Å². The third-order valence-corrected chi connectivity index (χ3v) is 5.08. The van der Waals surface area contributed by atoms with Crippen LogP contribution in [0.5, 0.6) is 5.75 Å². The first kappa shape index (κ1) is 19.0. The topological polar surface area (TPSA) is 50.8 Å². The Bertz CT molecular complexity index is 537. The Morgan fingerprint density at radius 1 is 1.25 bits per heavy atom. The molecule has 3 rings (SSSR count). The van der Waals surface area contributed by atoms with E-state index in [1.807, 2.05) is 29.2 Å². The van der Waals surface area contributed by atoms with E-state index in [-0.39, 0.29) is 18.3 Å². The molecule has 0 aliphatic carbocycles. The van der Waals surface area contributed by atoms with Gasteiger partial charge in [0.05, 0.1) is 6.61 Å². The molecule has 0 unspecified atom stereocenters. The second kappa shape index (κ2) is 8.70. The first-order chi connectivity index (χ1) is 11.2.